The lowest BCUT2D eigenvalue weighted by Crippen LogP contribution is -2.01. The number of hydrogen-bond donors (Lipinski definition) is 0. The van der Waals surface area contributed by atoms with Crippen LogP contribution in [0.1, 0.15) is 36.8 Å². The van der Waals surface area contributed by atoms with Crippen molar-refractivity contribution in [2.45, 2.75) is 25.7 Å². The van der Waals surface area contributed by atoms with Crippen LogP contribution in [0.4, 0.5) is 0 Å². The number of hydrogen-bond acceptors (Lipinski definition) is 0. The first-order chi connectivity index (χ1) is 8.70. The third-order valence-corrected chi connectivity index (χ3v) is 4.56. The Labute approximate surface area is 136 Å². The van der Waals surface area contributed by atoms with Crippen molar-refractivity contribution in [3.63, 3.8) is 0 Å². The second-order valence-electron chi connectivity index (χ2n) is 4.44. The molecule has 0 aliphatic heterocycles. The Morgan fingerprint density at radius 1 is 0.778 bits per heavy atom. The summed E-state index contributed by atoms with van der Waals surface area (Å²) in [5.41, 5.74) is 2.86. The van der Waals surface area contributed by atoms with Crippen LogP contribution in [0.2, 0.25) is 0 Å². The van der Waals surface area contributed by atoms with Gasteiger partial charge in [0, 0.05) is 13.1 Å². The summed E-state index contributed by atoms with van der Waals surface area (Å²) in [5, 5.41) is 0. The zero-order chi connectivity index (χ0) is 13.0. The molecule has 2 heteroatoms. The van der Waals surface area contributed by atoms with Crippen LogP contribution in [0.3, 0.4) is 0 Å². The summed E-state index contributed by atoms with van der Waals surface area (Å²) in [4.78, 5) is 0. The Balaban J connectivity index is 2.33. The van der Waals surface area contributed by atoms with E-state index >= 15 is 0 Å². The molecule has 0 fully saturated rings. The van der Waals surface area contributed by atoms with Gasteiger partial charge in [-0.25, -0.2) is 0 Å². The lowest BCUT2D eigenvalue weighted by atomic mass is 9.88. The predicted octanol–water partition coefficient (Wildman–Crippen LogP) is 5.83. The van der Waals surface area contributed by atoms with Gasteiger partial charge in [0.05, 0.1) is 0 Å². The van der Waals surface area contributed by atoms with E-state index in [2.05, 4.69) is 101 Å². The lowest BCUT2D eigenvalue weighted by Gasteiger charge is -2.17. The van der Waals surface area contributed by atoms with E-state index in [0.717, 1.165) is 0 Å². The second-order valence-corrected chi connectivity index (χ2v) is 6.94. The first-order valence-corrected chi connectivity index (χ1v) is 8.37. The van der Waals surface area contributed by atoms with Gasteiger partial charge in [0.2, 0.25) is 0 Å². The van der Waals surface area contributed by atoms with E-state index < -0.39 is 0 Å². The molecule has 0 aliphatic carbocycles. The average Bonchev–Trinajstić information content (AvgIpc) is 2.39. The Morgan fingerprint density at radius 3 is 1.50 bits per heavy atom. The topological polar surface area (TPSA) is 0 Å². The fourth-order valence-electron chi connectivity index (χ4n) is 2.20. The van der Waals surface area contributed by atoms with Crippen molar-refractivity contribution in [1.29, 1.82) is 0 Å². The van der Waals surface area contributed by atoms with Crippen LogP contribution >= 0.6 is 45.2 Å². The third kappa shape index (κ3) is 3.70. The first kappa shape index (κ1) is 14.3. The van der Waals surface area contributed by atoms with Gasteiger partial charge < -0.3 is 0 Å². The van der Waals surface area contributed by atoms with Crippen LogP contribution in [0.5, 0.6) is 0 Å². The highest BCUT2D eigenvalue weighted by molar-refractivity contribution is 14.1. The molecule has 0 saturated heterocycles. The van der Waals surface area contributed by atoms with Gasteiger partial charge >= 0.3 is 0 Å². The standard InChI is InChI=1S/C16H16I2/c1-2-3-16(12-4-8-14(17)9-5-12)13-6-10-15(18)11-7-13/h4-11,16H,2-3H2,1H3. The zero-order valence-corrected chi connectivity index (χ0v) is 14.7. The molecule has 0 heterocycles. The Kier molecular flexibility index (Phi) is 5.48. The molecule has 2 aromatic carbocycles. The van der Waals surface area contributed by atoms with Crippen LogP contribution in [0.15, 0.2) is 48.5 Å². The molecule has 0 spiro atoms. The molecular formula is C16H16I2. The molecule has 94 valence electrons. The molecule has 0 atom stereocenters. The SMILES string of the molecule is CCCC(c1ccc(I)cc1)c1ccc(I)cc1. The summed E-state index contributed by atoms with van der Waals surface area (Å²) in [5.74, 6) is 0.531. The maximum absolute atomic E-state index is 2.36. The fraction of sp³-hybridized carbons (Fsp3) is 0.250. The molecule has 0 bridgehead atoms. The number of halogens is 2. The first-order valence-electron chi connectivity index (χ1n) is 6.21. The molecule has 0 N–H and O–H groups in total. The quantitative estimate of drug-likeness (QED) is 0.502. The average molecular weight is 462 g/mol. The molecule has 18 heavy (non-hydrogen) atoms. The van der Waals surface area contributed by atoms with E-state index in [1.54, 1.807) is 0 Å². The van der Waals surface area contributed by atoms with E-state index in [4.69, 9.17) is 0 Å². The monoisotopic (exact) mass is 462 g/mol. The number of rotatable bonds is 4. The van der Waals surface area contributed by atoms with Gasteiger partial charge in [0.15, 0.2) is 0 Å². The minimum atomic E-state index is 0.531. The van der Waals surface area contributed by atoms with Crippen LogP contribution in [-0.4, -0.2) is 0 Å². The van der Waals surface area contributed by atoms with Gasteiger partial charge in [-0.2, -0.15) is 0 Å². The maximum Gasteiger partial charge on any atom is 0.0130 e. The minimum absolute atomic E-state index is 0.531. The zero-order valence-electron chi connectivity index (χ0n) is 10.4. The second kappa shape index (κ2) is 6.89. The van der Waals surface area contributed by atoms with Gasteiger partial charge in [-0.05, 0) is 87.0 Å². The van der Waals surface area contributed by atoms with E-state index in [9.17, 15) is 0 Å². The Bertz CT molecular complexity index is 440. The highest BCUT2D eigenvalue weighted by Crippen LogP contribution is 2.30. The Morgan fingerprint density at radius 2 is 1.17 bits per heavy atom. The van der Waals surface area contributed by atoms with Gasteiger partial charge in [-0.1, -0.05) is 37.6 Å². The fourth-order valence-corrected chi connectivity index (χ4v) is 2.92. The summed E-state index contributed by atoms with van der Waals surface area (Å²) in [6.45, 7) is 2.26. The van der Waals surface area contributed by atoms with Crippen molar-refractivity contribution < 1.29 is 0 Å². The molecule has 0 nitrogen and oxygen atoms in total. The van der Waals surface area contributed by atoms with E-state index in [-0.39, 0.29) is 0 Å². The van der Waals surface area contributed by atoms with E-state index in [1.807, 2.05) is 0 Å². The van der Waals surface area contributed by atoms with Crippen LogP contribution in [0, 0.1) is 7.14 Å². The molecule has 0 radical (unpaired) electrons. The minimum Gasteiger partial charge on any atom is -0.0653 e. The van der Waals surface area contributed by atoms with Gasteiger partial charge in [0.1, 0.15) is 0 Å². The highest BCUT2D eigenvalue weighted by Gasteiger charge is 2.12. The Hall–Kier alpha value is -0.100. The molecule has 0 aliphatic rings. The molecule has 0 saturated carbocycles. The summed E-state index contributed by atoms with van der Waals surface area (Å²) in [6, 6.07) is 17.9. The van der Waals surface area contributed by atoms with Crippen molar-refractivity contribution in [1.82, 2.24) is 0 Å². The number of benzene rings is 2. The molecule has 2 rings (SSSR count). The van der Waals surface area contributed by atoms with Crippen molar-refractivity contribution in [2.24, 2.45) is 0 Å². The van der Waals surface area contributed by atoms with Crippen LogP contribution in [0.25, 0.3) is 0 Å². The molecule has 0 unspecified atom stereocenters. The summed E-state index contributed by atoms with van der Waals surface area (Å²) < 4.78 is 2.60. The molecule has 2 aromatic rings. The summed E-state index contributed by atoms with van der Waals surface area (Å²) in [6.07, 6.45) is 2.42. The summed E-state index contributed by atoms with van der Waals surface area (Å²) >= 11 is 4.72. The summed E-state index contributed by atoms with van der Waals surface area (Å²) in [7, 11) is 0. The van der Waals surface area contributed by atoms with Gasteiger partial charge in [0.25, 0.3) is 0 Å². The van der Waals surface area contributed by atoms with Gasteiger partial charge in [-0.3, -0.25) is 0 Å². The molecular weight excluding hydrogens is 446 g/mol. The van der Waals surface area contributed by atoms with Crippen molar-refractivity contribution in [2.75, 3.05) is 0 Å². The van der Waals surface area contributed by atoms with Gasteiger partial charge in [-0.15, -0.1) is 0 Å². The largest absolute Gasteiger partial charge is 0.0653 e. The molecule has 0 aromatic heterocycles. The maximum atomic E-state index is 2.36. The van der Waals surface area contributed by atoms with E-state index in [0.29, 0.717) is 5.92 Å². The third-order valence-electron chi connectivity index (χ3n) is 3.12. The van der Waals surface area contributed by atoms with Crippen molar-refractivity contribution in [3.8, 4) is 0 Å². The van der Waals surface area contributed by atoms with Crippen molar-refractivity contribution >= 4 is 45.2 Å². The normalized spacial score (nSPS) is 10.9. The smallest absolute Gasteiger partial charge is 0.0130 e. The van der Waals surface area contributed by atoms with Crippen LogP contribution in [-0.2, 0) is 0 Å². The van der Waals surface area contributed by atoms with Crippen molar-refractivity contribution in [3.05, 3.63) is 66.8 Å². The van der Waals surface area contributed by atoms with E-state index in [1.165, 1.54) is 31.1 Å². The lowest BCUT2D eigenvalue weighted by molar-refractivity contribution is 0.698. The molecule has 0 amide bonds. The predicted molar refractivity (Wildman–Crippen MR) is 95.1 cm³/mol. The van der Waals surface area contributed by atoms with Crippen LogP contribution < -0.4 is 0 Å². The highest BCUT2D eigenvalue weighted by atomic mass is 127.